The van der Waals surface area contributed by atoms with Crippen molar-refractivity contribution in [1.29, 1.82) is 0 Å². The number of hydrogen-bond acceptors (Lipinski definition) is 5. The van der Waals surface area contributed by atoms with Gasteiger partial charge >= 0.3 is 0 Å². The van der Waals surface area contributed by atoms with Crippen LogP contribution in [0.15, 0.2) is 24.4 Å². The van der Waals surface area contributed by atoms with Crippen LogP contribution in [0, 0.1) is 6.92 Å². The van der Waals surface area contributed by atoms with Gasteiger partial charge in [0.1, 0.15) is 23.3 Å². The van der Waals surface area contributed by atoms with Crippen molar-refractivity contribution in [1.82, 2.24) is 29.0 Å². The van der Waals surface area contributed by atoms with Gasteiger partial charge in [0.2, 0.25) is 0 Å². The number of amides is 1. The Kier molecular flexibility index (Phi) is 3.93. The smallest absolute Gasteiger partial charge is 0.274 e. The largest absolute Gasteiger partial charge is 0.370 e. The summed E-state index contributed by atoms with van der Waals surface area (Å²) < 4.78 is 9.87. The van der Waals surface area contributed by atoms with Crippen molar-refractivity contribution in [2.24, 2.45) is 0 Å². The molecule has 2 aliphatic heterocycles. The van der Waals surface area contributed by atoms with Crippen LogP contribution >= 0.6 is 0 Å². The summed E-state index contributed by atoms with van der Waals surface area (Å²) in [5.41, 5.74) is 2.34. The van der Waals surface area contributed by atoms with Crippen LogP contribution in [-0.2, 0) is 17.7 Å². The number of carbonyl (C=O) groups is 1. The van der Waals surface area contributed by atoms with Crippen LogP contribution in [0.4, 0.5) is 0 Å². The van der Waals surface area contributed by atoms with Gasteiger partial charge in [-0.1, -0.05) is 6.07 Å². The van der Waals surface area contributed by atoms with Gasteiger partial charge in [-0.15, -0.1) is 10.2 Å². The average Bonchev–Trinajstić information content (AvgIpc) is 3.38. The van der Waals surface area contributed by atoms with E-state index in [1.54, 1.807) is 0 Å². The van der Waals surface area contributed by atoms with Crippen molar-refractivity contribution in [3.05, 3.63) is 47.4 Å². The molecule has 0 aromatic carbocycles. The second-order valence-electron chi connectivity index (χ2n) is 7.19. The van der Waals surface area contributed by atoms with E-state index in [9.17, 15) is 4.79 Å². The summed E-state index contributed by atoms with van der Waals surface area (Å²) in [7, 11) is 0. The van der Waals surface area contributed by atoms with E-state index >= 15 is 0 Å². The molecule has 0 radical (unpaired) electrons. The van der Waals surface area contributed by atoms with E-state index in [0.29, 0.717) is 31.7 Å². The molecule has 1 saturated heterocycles. The minimum Gasteiger partial charge on any atom is -0.370 e. The van der Waals surface area contributed by atoms with Crippen LogP contribution in [0.25, 0.3) is 5.65 Å². The van der Waals surface area contributed by atoms with Gasteiger partial charge in [0, 0.05) is 44.6 Å². The highest BCUT2D eigenvalue weighted by molar-refractivity contribution is 5.93. The Morgan fingerprint density at radius 3 is 2.96 bits per heavy atom. The van der Waals surface area contributed by atoms with E-state index in [1.807, 2.05) is 40.6 Å². The first-order chi connectivity index (χ1) is 13.2. The Morgan fingerprint density at radius 2 is 2.15 bits per heavy atom. The molecule has 1 fully saturated rings. The lowest BCUT2D eigenvalue weighted by Gasteiger charge is -2.19. The van der Waals surface area contributed by atoms with Crippen LogP contribution < -0.4 is 0 Å². The van der Waals surface area contributed by atoms with Gasteiger partial charge in [-0.25, -0.2) is 4.98 Å². The molecular weight excluding hydrogens is 344 g/mol. The van der Waals surface area contributed by atoms with E-state index < -0.39 is 0 Å². The topological polar surface area (TPSA) is 77.6 Å². The second kappa shape index (κ2) is 6.45. The summed E-state index contributed by atoms with van der Waals surface area (Å²) in [6.45, 7) is 4.72. The van der Waals surface area contributed by atoms with Crippen LogP contribution in [0.2, 0.25) is 0 Å². The number of aromatic nitrogens is 5. The van der Waals surface area contributed by atoms with Crippen molar-refractivity contribution in [3.8, 4) is 0 Å². The Bertz CT molecular complexity index is 1000. The lowest BCUT2D eigenvalue weighted by atomic mass is 10.2. The van der Waals surface area contributed by atoms with Crippen molar-refractivity contribution >= 4 is 11.6 Å². The molecule has 1 amide bonds. The number of fused-ring (bicyclic) bond motifs is 2. The van der Waals surface area contributed by atoms with Crippen molar-refractivity contribution in [3.63, 3.8) is 0 Å². The number of carbonyl (C=O) groups excluding carboxylic acids is 1. The highest BCUT2D eigenvalue weighted by Crippen LogP contribution is 2.28. The molecule has 2 aliphatic rings. The number of nitrogens with zero attached hydrogens (tertiary/aromatic N) is 6. The van der Waals surface area contributed by atoms with Gasteiger partial charge < -0.3 is 18.6 Å². The van der Waals surface area contributed by atoms with Crippen molar-refractivity contribution < 1.29 is 9.53 Å². The summed E-state index contributed by atoms with van der Waals surface area (Å²) in [5.74, 6) is 1.80. The SMILES string of the molecule is Cc1cccc2nc(C(=O)N3CCc4nnc([C@H]5CCCO5)n4CC3)cn12. The zero-order valence-electron chi connectivity index (χ0n) is 15.3. The number of imidazole rings is 1. The molecule has 8 heteroatoms. The minimum atomic E-state index is -0.0320. The summed E-state index contributed by atoms with van der Waals surface area (Å²) >= 11 is 0. The lowest BCUT2D eigenvalue weighted by Crippen LogP contribution is -2.34. The summed E-state index contributed by atoms with van der Waals surface area (Å²) in [5, 5.41) is 8.71. The molecule has 3 aromatic heterocycles. The van der Waals surface area contributed by atoms with Crippen molar-refractivity contribution in [2.45, 2.75) is 38.8 Å². The number of hydrogen-bond donors (Lipinski definition) is 0. The molecule has 140 valence electrons. The van der Waals surface area contributed by atoms with Gasteiger partial charge in [-0.3, -0.25) is 4.79 Å². The number of rotatable bonds is 2. The maximum atomic E-state index is 13.0. The second-order valence-corrected chi connectivity index (χ2v) is 7.19. The number of ether oxygens (including phenoxy) is 1. The monoisotopic (exact) mass is 366 g/mol. The first-order valence-electron chi connectivity index (χ1n) is 9.48. The van der Waals surface area contributed by atoms with Crippen LogP contribution in [0.5, 0.6) is 0 Å². The van der Waals surface area contributed by atoms with Gasteiger partial charge in [0.15, 0.2) is 5.82 Å². The molecule has 0 unspecified atom stereocenters. The number of aryl methyl sites for hydroxylation is 1. The van der Waals surface area contributed by atoms with E-state index in [-0.39, 0.29) is 12.0 Å². The highest BCUT2D eigenvalue weighted by Gasteiger charge is 2.28. The first kappa shape index (κ1) is 16.4. The lowest BCUT2D eigenvalue weighted by molar-refractivity contribution is 0.0750. The van der Waals surface area contributed by atoms with Gasteiger partial charge in [-0.05, 0) is 31.9 Å². The predicted molar refractivity (Wildman–Crippen MR) is 97.5 cm³/mol. The standard InChI is InChI=1S/C19H22N6O2/c1-13-4-2-6-16-20-14(12-25(13)16)19(26)23-8-7-17-21-22-18(24(17)10-9-23)15-5-3-11-27-15/h2,4,6,12,15H,3,5,7-11H2,1H3/t15-/m1/s1. The normalized spacial score (nSPS) is 20.0. The minimum absolute atomic E-state index is 0.0320. The van der Waals surface area contributed by atoms with Crippen LogP contribution in [-0.4, -0.2) is 54.7 Å². The molecule has 1 atom stereocenters. The summed E-state index contributed by atoms with van der Waals surface area (Å²) in [6.07, 6.45) is 4.61. The fourth-order valence-corrected chi connectivity index (χ4v) is 3.98. The molecule has 5 rings (SSSR count). The van der Waals surface area contributed by atoms with Crippen LogP contribution in [0.1, 0.15) is 46.8 Å². The summed E-state index contributed by atoms with van der Waals surface area (Å²) in [6, 6.07) is 5.88. The van der Waals surface area contributed by atoms with Crippen LogP contribution in [0.3, 0.4) is 0 Å². The third-order valence-corrected chi connectivity index (χ3v) is 5.47. The van der Waals surface area contributed by atoms with E-state index in [0.717, 1.165) is 42.4 Å². The molecule has 3 aromatic rings. The van der Waals surface area contributed by atoms with Crippen molar-refractivity contribution in [2.75, 3.05) is 19.7 Å². The first-order valence-corrected chi connectivity index (χ1v) is 9.48. The van der Waals surface area contributed by atoms with Gasteiger partial charge in [-0.2, -0.15) is 0 Å². The molecule has 5 heterocycles. The zero-order chi connectivity index (χ0) is 18.4. The Morgan fingerprint density at radius 1 is 1.22 bits per heavy atom. The highest BCUT2D eigenvalue weighted by atomic mass is 16.5. The zero-order valence-corrected chi connectivity index (χ0v) is 15.3. The fraction of sp³-hybridized carbons (Fsp3) is 0.474. The predicted octanol–water partition coefficient (Wildman–Crippen LogP) is 1.78. The van der Waals surface area contributed by atoms with Gasteiger partial charge in [0.05, 0.1) is 0 Å². The Labute approximate surface area is 156 Å². The molecule has 8 nitrogen and oxygen atoms in total. The molecule has 0 bridgehead atoms. The Balaban J connectivity index is 1.37. The maximum absolute atomic E-state index is 13.0. The van der Waals surface area contributed by atoms with E-state index in [1.165, 1.54) is 0 Å². The maximum Gasteiger partial charge on any atom is 0.274 e. The van der Waals surface area contributed by atoms with E-state index in [4.69, 9.17) is 4.74 Å². The third-order valence-electron chi connectivity index (χ3n) is 5.47. The molecule has 0 saturated carbocycles. The molecule has 0 N–H and O–H groups in total. The Hall–Kier alpha value is -2.74. The quantitative estimate of drug-likeness (QED) is 0.691. The molecule has 0 aliphatic carbocycles. The third kappa shape index (κ3) is 2.80. The number of pyridine rings is 1. The van der Waals surface area contributed by atoms with E-state index in [2.05, 4.69) is 19.7 Å². The molecule has 27 heavy (non-hydrogen) atoms. The fourth-order valence-electron chi connectivity index (χ4n) is 3.98. The average molecular weight is 366 g/mol. The molecule has 0 spiro atoms. The molecular formula is C19H22N6O2. The summed E-state index contributed by atoms with van der Waals surface area (Å²) in [4.78, 5) is 19.4. The van der Waals surface area contributed by atoms with Gasteiger partial charge in [0.25, 0.3) is 5.91 Å².